The van der Waals surface area contributed by atoms with Crippen molar-refractivity contribution in [1.29, 1.82) is 5.41 Å². The molecular weight excluding hydrogens is 263 g/mol. The Kier molecular flexibility index (Phi) is 12.7. The summed E-state index contributed by atoms with van der Waals surface area (Å²) in [7, 11) is 0. The molecule has 0 amide bonds. The first kappa shape index (κ1) is 18.5. The first-order chi connectivity index (χ1) is 7.33. The van der Waals surface area contributed by atoms with E-state index < -0.39 is 0 Å². The van der Waals surface area contributed by atoms with Crippen molar-refractivity contribution in [2.75, 3.05) is 13.2 Å². The summed E-state index contributed by atoms with van der Waals surface area (Å²) in [6.07, 6.45) is 2.25. The zero-order valence-corrected chi connectivity index (χ0v) is 11.4. The molecule has 1 aromatic rings. The van der Waals surface area contributed by atoms with E-state index in [2.05, 4.69) is 4.98 Å². The standard InChI is InChI=1S/C11H16N2O2.2ClH/c1-2-15-11(12)6-8-14-9-10-5-3-4-7-13-10;;/h3-5,7,12H,2,6,8-9H2,1H3;2*1H. The van der Waals surface area contributed by atoms with Gasteiger partial charge in [0.15, 0.2) is 5.90 Å². The number of hydrogen-bond donors (Lipinski definition) is 1. The smallest absolute Gasteiger partial charge is 0.182 e. The minimum atomic E-state index is 0. The molecule has 0 unspecified atom stereocenters. The Morgan fingerprint density at radius 3 is 2.71 bits per heavy atom. The number of rotatable bonds is 6. The summed E-state index contributed by atoms with van der Waals surface area (Å²) >= 11 is 0. The molecule has 0 aromatic carbocycles. The summed E-state index contributed by atoms with van der Waals surface area (Å²) in [5.41, 5.74) is 0.903. The molecular formula is C11H18Cl2N2O2. The molecule has 4 nitrogen and oxygen atoms in total. The van der Waals surface area contributed by atoms with Crippen LogP contribution in [0.4, 0.5) is 0 Å². The molecule has 17 heavy (non-hydrogen) atoms. The molecule has 1 heterocycles. The van der Waals surface area contributed by atoms with Crippen LogP contribution in [0.15, 0.2) is 24.4 Å². The second-order valence-corrected chi connectivity index (χ2v) is 2.98. The molecule has 98 valence electrons. The summed E-state index contributed by atoms with van der Waals surface area (Å²) < 4.78 is 10.3. The average Bonchev–Trinajstić information content (AvgIpc) is 2.26. The first-order valence-corrected chi connectivity index (χ1v) is 5.00. The highest BCUT2D eigenvalue weighted by molar-refractivity contribution is 5.85. The average molecular weight is 281 g/mol. The zero-order valence-electron chi connectivity index (χ0n) is 9.72. The highest BCUT2D eigenvalue weighted by Crippen LogP contribution is 1.97. The van der Waals surface area contributed by atoms with Crippen molar-refractivity contribution in [3.8, 4) is 0 Å². The molecule has 0 atom stereocenters. The zero-order chi connectivity index (χ0) is 10.9. The van der Waals surface area contributed by atoms with E-state index in [0.717, 1.165) is 5.69 Å². The van der Waals surface area contributed by atoms with E-state index in [1.54, 1.807) is 6.20 Å². The van der Waals surface area contributed by atoms with Gasteiger partial charge in [0, 0.05) is 12.6 Å². The number of ether oxygens (including phenoxy) is 2. The molecule has 6 heteroatoms. The fourth-order valence-electron chi connectivity index (χ4n) is 1.07. The van der Waals surface area contributed by atoms with Gasteiger partial charge < -0.3 is 9.47 Å². The molecule has 0 bridgehead atoms. The normalized spacial score (nSPS) is 8.76. The molecule has 1 aromatic heterocycles. The topological polar surface area (TPSA) is 55.2 Å². The van der Waals surface area contributed by atoms with E-state index in [1.807, 2.05) is 25.1 Å². The lowest BCUT2D eigenvalue weighted by Gasteiger charge is -2.05. The lowest BCUT2D eigenvalue weighted by Crippen LogP contribution is -2.07. The van der Waals surface area contributed by atoms with Gasteiger partial charge >= 0.3 is 0 Å². The lowest BCUT2D eigenvalue weighted by atomic mass is 10.4. The Labute approximate surface area is 114 Å². The molecule has 0 fully saturated rings. The van der Waals surface area contributed by atoms with Crippen LogP contribution in [0.2, 0.25) is 0 Å². The minimum Gasteiger partial charge on any atom is -0.481 e. The van der Waals surface area contributed by atoms with Crippen molar-refractivity contribution in [3.05, 3.63) is 30.1 Å². The van der Waals surface area contributed by atoms with Crippen LogP contribution in [0.1, 0.15) is 19.0 Å². The Hall–Kier alpha value is -0.840. The van der Waals surface area contributed by atoms with Crippen LogP contribution in [0.3, 0.4) is 0 Å². The molecule has 0 aliphatic heterocycles. The van der Waals surface area contributed by atoms with E-state index in [1.165, 1.54) is 0 Å². The van der Waals surface area contributed by atoms with Crippen molar-refractivity contribution in [2.45, 2.75) is 20.0 Å². The summed E-state index contributed by atoms with van der Waals surface area (Å²) in [6.45, 7) is 3.39. The van der Waals surface area contributed by atoms with Gasteiger partial charge in [0.2, 0.25) is 0 Å². The highest BCUT2D eigenvalue weighted by atomic mass is 35.5. The van der Waals surface area contributed by atoms with Crippen LogP contribution in [0.5, 0.6) is 0 Å². The largest absolute Gasteiger partial charge is 0.481 e. The first-order valence-electron chi connectivity index (χ1n) is 5.00. The van der Waals surface area contributed by atoms with Crippen molar-refractivity contribution < 1.29 is 9.47 Å². The van der Waals surface area contributed by atoms with Crippen LogP contribution < -0.4 is 0 Å². The maximum atomic E-state index is 7.35. The minimum absolute atomic E-state index is 0. The van der Waals surface area contributed by atoms with Crippen LogP contribution in [-0.2, 0) is 16.1 Å². The Morgan fingerprint density at radius 1 is 1.35 bits per heavy atom. The van der Waals surface area contributed by atoms with Gasteiger partial charge in [-0.15, -0.1) is 24.8 Å². The second-order valence-electron chi connectivity index (χ2n) is 2.98. The van der Waals surface area contributed by atoms with E-state index >= 15 is 0 Å². The van der Waals surface area contributed by atoms with E-state index in [-0.39, 0.29) is 30.7 Å². The maximum absolute atomic E-state index is 7.35. The van der Waals surface area contributed by atoms with E-state index in [0.29, 0.717) is 26.2 Å². The third kappa shape index (κ3) is 8.92. The number of nitrogens with one attached hydrogen (secondary N) is 1. The number of nitrogens with zero attached hydrogens (tertiary/aromatic N) is 1. The highest BCUT2D eigenvalue weighted by Gasteiger charge is 1.97. The van der Waals surface area contributed by atoms with Gasteiger partial charge in [-0.2, -0.15) is 0 Å². The fourth-order valence-corrected chi connectivity index (χ4v) is 1.07. The lowest BCUT2D eigenvalue weighted by molar-refractivity contribution is 0.120. The van der Waals surface area contributed by atoms with E-state index in [4.69, 9.17) is 14.9 Å². The second kappa shape index (κ2) is 11.6. The molecule has 0 spiro atoms. The third-order valence-electron chi connectivity index (χ3n) is 1.77. The molecule has 0 radical (unpaired) electrons. The number of halogens is 2. The van der Waals surface area contributed by atoms with Crippen molar-refractivity contribution >= 4 is 30.7 Å². The van der Waals surface area contributed by atoms with Gasteiger partial charge in [0.05, 0.1) is 25.5 Å². The summed E-state index contributed by atoms with van der Waals surface area (Å²) in [6, 6.07) is 5.70. The number of pyridine rings is 1. The molecule has 0 saturated heterocycles. The van der Waals surface area contributed by atoms with Gasteiger partial charge in [0.25, 0.3) is 0 Å². The fraction of sp³-hybridized carbons (Fsp3) is 0.455. The number of hydrogen-bond acceptors (Lipinski definition) is 4. The SMILES string of the molecule is CCOC(=N)CCOCc1ccccn1.Cl.Cl. The van der Waals surface area contributed by atoms with Crippen LogP contribution in [0.25, 0.3) is 0 Å². The van der Waals surface area contributed by atoms with Crippen molar-refractivity contribution in [1.82, 2.24) is 4.98 Å². The summed E-state index contributed by atoms with van der Waals surface area (Å²) in [5.74, 6) is 0.276. The van der Waals surface area contributed by atoms with Gasteiger partial charge in [-0.1, -0.05) is 6.07 Å². The Morgan fingerprint density at radius 2 is 2.12 bits per heavy atom. The number of aromatic nitrogens is 1. The molecule has 0 aliphatic rings. The summed E-state index contributed by atoms with van der Waals surface area (Å²) in [5, 5.41) is 7.35. The predicted octanol–water partition coefficient (Wildman–Crippen LogP) is 2.85. The van der Waals surface area contributed by atoms with Gasteiger partial charge in [-0.3, -0.25) is 10.4 Å². The van der Waals surface area contributed by atoms with Gasteiger partial charge in [-0.05, 0) is 19.1 Å². The van der Waals surface area contributed by atoms with Crippen LogP contribution in [-0.4, -0.2) is 24.1 Å². The third-order valence-corrected chi connectivity index (χ3v) is 1.77. The molecule has 1 N–H and O–H groups in total. The monoisotopic (exact) mass is 280 g/mol. The van der Waals surface area contributed by atoms with E-state index in [9.17, 15) is 0 Å². The summed E-state index contributed by atoms with van der Waals surface area (Å²) in [4.78, 5) is 4.12. The quantitative estimate of drug-likeness (QED) is 0.495. The van der Waals surface area contributed by atoms with Crippen LogP contribution >= 0.6 is 24.8 Å². The molecule has 1 rings (SSSR count). The molecule has 0 aliphatic carbocycles. The Bertz CT molecular complexity index is 297. The maximum Gasteiger partial charge on any atom is 0.182 e. The van der Waals surface area contributed by atoms with Crippen LogP contribution in [0, 0.1) is 5.41 Å². The molecule has 0 saturated carbocycles. The van der Waals surface area contributed by atoms with Crippen molar-refractivity contribution in [3.63, 3.8) is 0 Å². The van der Waals surface area contributed by atoms with Gasteiger partial charge in [0.1, 0.15) is 0 Å². The van der Waals surface area contributed by atoms with Gasteiger partial charge in [-0.25, -0.2) is 0 Å². The Balaban J connectivity index is 0. The van der Waals surface area contributed by atoms with Crippen molar-refractivity contribution in [2.24, 2.45) is 0 Å². The predicted molar refractivity (Wildman–Crippen MR) is 72.4 cm³/mol.